The Morgan fingerprint density at radius 2 is 2.17 bits per heavy atom. The molecule has 5 nitrogen and oxygen atoms in total. The van der Waals surface area contributed by atoms with Gasteiger partial charge in [-0.15, -0.1) is 11.3 Å². The molecule has 1 aliphatic heterocycles. The van der Waals surface area contributed by atoms with Crippen molar-refractivity contribution in [3.05, 3.63) is 58.9 Å². The number of ether oxygens (including phenoxy) is 1. The molecule has 1 saturated heterocycles. The minimum atomic E-state index is 0.0430. The molecule has 3 aromatic rings. The van der Waals surface area contributed by atoms with Crippen molar-refractivity contribution in [2.75, 3.05) is 19.7 Å². The molecule has 0 amide bonds. The van der Waals surface area contributed by atoms with E-state index in [0.29, 0.717) is 0 Å². The van der Waals surface area contributed by atoms with Crippen molar-refractivity contribution in [1.82, 2.24) is 19.4 Å². The average molecular weight is 340 g/mol. The van der Waals surface area contributed by atoms with Gasteiger partial charge in [-0.1, -0.05) is 30.3 Å². The lowest BCUT2D eigenvalue weighted by Crippen LogP contribution is -2.38. The van der Waals surface area contributed by atoms with Crippen molar-refractivity contribution in [2.45, 2.75) is 12.6 Å². The maximum Gasteiger partial charge on any atom is 0.124 e. The molecule has 0 aliphatic carbocycles. The van der Waals surface area contributed by atoms with Crippen LogP contribution < -0.4 is 0 Å². The van der Waals surface area contributed by atoms with Crippen molar-refractivity contribution in [3.63, 3.8) is 0 Å². The second-order valence-electron chi connectivity index (χ2n) is 5.99. The van der Waals surface area contributed by atoms with E-state index in [4.69, 9.17) is 9.72 Å². The zero-order chi connectivity index (χ0) is 16.4. The van der Waals surface area contributed by atoms with Crippen LogP contribution in [-0.4, -0.2) is 39.1 Å². The number of aryl methyl sites for hydroxylation is 1. The summed E-state index contributed by atoms with van der Waals surface area (Å²) in [6.07, 6.45) is 3.88. The minimum absolute atomic E-state index is 0.0430. The Labute approximate surface area is 145 Å². The largest absolute Gasteiger partial charge is 0.368 e. The quantitative estimate of drug-likeness (QED) is 0.732. The highest BCUT2D eigenvalue weighted by atomic mass is 32.1. The molecule has 0 bridgehead atoms. The van der Waals surface area contributed by atoms with Crippen LogP contribution >= 0.6 is 11.3 Å². The summed E-state index contributed by atoms with van der Waals surface area (Å²) in [6, 6.07) is 10.3. The van der Waals surface area contributed by atoms with Gasteiger partial charge >= 0.3 is 0 Å². The summed E-state index contributed by atoms with van der Waals surface area (Å²) in [7, 11) is 2.03. The van der Waals surface area contributed by atoms with E-state index in [9.17, 15) is 0 Å². The lowest BCUT2D eigenvalue weighted by atomic mass is 10.2. The molecule has 1 aromatic carbocycles. The Balaban J connectivity index is 1.46. The van der Waals surface area contributed by atoms with E-state index in [1.807, 2.05) is 37.6 Å². The van der Waals surface area contributed by atoms with Crippen LogP contribution in [0.25, 0.3) is 11.3 Å². The zero-order valence-electron chi connectivity index (χ0n) is 13.6. The second-order valence-corrected chi connectivity index (χ2v) is 6.88. The number of nitrogens with zero attached hydrogens (tertiary/aromatic N) is 4. The number of morpholine rings is 1. The van der Waals surface area contributed by atoms with Crippen molar-refractivity contribution in [3.8, 4) is 11.3 Å². The van der Waals surface area contributed by atoms with Gasteiger partial charge in [0.15, 0.2) is 0 Å². The first-order valence-corrected chi connectivity index (χ1v) is 8.98. The third kappa shape index (κ3) is 3.26. The molecule has 4 rings (SSSR count). The highest BCUT2D eigenvalue weighted by Crippen LogP contribution is 2.29. The monoisotopic (exact) mass is 340 g/mol. The van der Waals surface area contributed by atoms with Crippen LogP contribution in [0.3, 0.4) is 0 Å². The fourth-order valence-electron chi connectivity index (χ4n) is 2.92. The molecular formula is C18H20N4OS. The first-order valence-electron chi connectivity index (χ1n) is 8.10. The number of hydrogen-bond acceptors (Lipinski definition) is 5. The molecule has 0 saturated carbocycles. The Kier molecular flexibility index (Phi) is 4.42. The topological polar surface area (TPSA) is 43.2 Å². The number of rotatable bonds is 4. The zero-order valence-corrected chi connectivity index (χ0v) is 14.4. The van der Waals surface area contributed by atoms with E-state index >= 15 is 0 Å². The number of thiazole rings is 1. The number of imidazole rings is 1. The number of benzene rings is 1. The predicted octanol–water partition coefficient (Wildman–Crippen LogP) is 3.12. The van der Waals surface area contributed by atoms with Gasteiger partial charge in [-0.2, -0.15) is 0 Å². The Hall–Kier alpha value is -2.02. The molecule has 3 heterocycles. The van der Waals surface area contributed by atoms with Crippen LogP contribution in [0, 0.1) is 0 Å². The molecule has 2 aromatic heterocycles. The van der Waals surface area contributed by atoms with Crippen molar-refractivity contribution < 1.29 is 4.74 Å². The summed E-state index contributed by atoms with van der Waals surface area (Å²) in [5, 5.41) is 3.17. The summed E-state index contributed by atoms with van der Waals surface area (Å²) in [5.41, 5.74) is 2.18. The molecule has 1 unspecified atom stereocenters. The van der Waals surface area contributed by atoms with Crippen LogP contribution in [0.2, 0.25) is 0 Å². The lowest BCUT2D eigenvalue weighted by molar-refractivity contribution is -0.0339. The van der Waals surface area contributed by atoms with Gasteiger partial charge in [0.05, 0.1) is 18.8 Å². The van der Waals surface area contributed by atoms with Gasteiger partial charge < -0.3 is 9.30 Å². The third-order valence-electron chi connectivity index (χ3n) is 4.30. The fraction of sp³-hybridized carbons (Fsp3) is 0.333. The number of hydrogen-bond donors (Lipinski definition) is 0. The molecule has 24 heavy (non-hydrogen) atoms. The van der Waals surface area contributed by atoms with E-state index in [0.717, 1.165) is 48.3 Å². The molecule has 1 atom stereocenters. The van der Waals surface area contributed by atoms with Gasteiger partial charge in [0, 0.05) is 43.5 Å². The van der Waals surface area contributed by atoms with E-state index in [2.05, 4.69) is 32.0 Å². The van der Waals surface area contributed by atoms with Gasteiger partial charge in [0.2, 0.25) is 0 Å². The third-order valence-corrected chi connectivity index (χ3v) is 5.24. The first kappa shape index (κ1) is 15.5. The van der Waals surface area contributed by atoms with Crippen LogP contribution in [0.1, 0.15) is 16.9 Å². The van der Waals surface area contributed by atoms with Crippen LogP contribution in [0.15, 0.2) is 48.1 Å². The Morgan fingerprint density at radius 3 is 2.96 bits per heavy atom. The standard InChI is InChI=1S/C18H20N4OS/c1-21-8-7-19-17(21)12-22-9-10-23-16(11-22)18-20-15(13-24-18)14-5-3-2-4-6-14/h2-8,13,16H,9-12H2,1H3. The highest BCUT2D eigenvalue weighted by molar-refractivity contribution is 7.10. The van der Waals surface area contributed by atoms with E-state index < -0.39 is 0 Å². The SMILES string of the molecule is Cn1ccnc1CN1CCOC(c2nc(-c3ccccc3)cs2)C1. The lowest BCUT2D eigenvalue weighted by Gasteiger charge is -2.31. The molecule has 1 fully saturated rings. The molecular weight excluding hydrogens is 320 g/mol. The van der Waals surface area contributed by atoms with Gasteiger partial charge in [-0.3, -0.25) is 4.90 Å². The summed E-state index contributed by atoms with van der Waals surface area (Å²) in [6.45, 7) is 3.37. The molecule has 0 N–H and O–H groups in total. The highest BCUT2D eigenvalue weighted by Gasteiger charge is 2.25. The van der Waals surface area contributed by atoms with Gasteiger partial charge in [-0.25, -0.2) is 9.97 Å². The Morgan fingerprint density at radius 1 is 1.29 bits per heavy atom. The van der Waals surface area contributed by atoms with Gasteiger partial charge in [-0.05, 0) is 0 Å². The Bertz CT molecular complexity index is 798. The normalized spacial score (nSPS) is 18.8. The van der Waals surface area contributed by atoms with Crippen LogP contribution in [0.4, 0.5) is 0 Å². The summed E-state index contributed by atoms with van der Waals surface area (Å²) in [4.78, 5) is 11.6. The maximum atomic E-state index is 5.97. The molecule has 0 radical (unpaired) electrons. The minimum Gasteiger partial charge on any atom is -0.368 e. The van der Waals surface area contributed by atoms with E-state index in [1.54, 1.807) is 11.3 Å². The van der Waals surface area contributed by atoms with Gasteiger partial charge in [0.25, 0.3) is 0 Å². The van der Waals surface area contributed by atoms with Crippen molar-refractivity contribution in [2.24, 2.45) is 7.05 Å². The molecule has 0 spiro atoms. The fourth-order valence-corrected chi connectivity index (χ4v) is 3.79. The van der Waals surface area contributed by atoms with E-state index in [-0.39, 0.29) is 6.10 Å². The molecule has 6 heteroatoms. The smallest absolute Gasteiger partial charge is 0.124 e. The van der Waals surface area contributed by atoms with Crippen molar-refractivity contribution in [1.29, 1.82) is 0 Å². The van der Waals surface area contributed by atoms with Gasteiger partial charge in [0.1, 0.15) is 16.9 Å². The maximum absolute atomic E-state index is 5.97. The number of aromatic nitrogens is 3. The second kappa shape index (κ2) is 6.84. The first-order chi connectivity index (χ1) is 11.8. The summed E-state index contributed by atoms with van der Waals surface area (Å²) < 4.78 is 8.04. The summed E-state index contributed by atoms with van der Waals surface area (Å²) in [5.74, 6) is 1.08. The average Bonchev–Trinajstić information content (AvgIpc) is 3.26. The summed E-state index contributed by atoms with van der Waals surface area (Å²) >= 11 is 1.68. The molecule has 1 aliphatic rings. The predicted molar refractivity (Wildman–Crippen MR) is 94.7 cm³/mol. The van der Waals surface area contributed by atoms with Crippen LogP contribution in [-0.2, 0) is 18.3 Å². The van der Waals surface area contributed by atoms with Crippen LogP contribution in [0.5, 0.6) is 0 Å². The molecule has 124 valence electrons. The van der Waals surface area contributed by atoms with Crippen molar-refractivity contribution >= 4 is 11.3 Å². The van der Waals surface area contributed by atoms with E-state index in [1.165, 1.54) is 0 Å².